The van der Waals surface area contributed by atoms with Gasteiger partial charge in [0, 0.05) is 30.1 Å². The second-order valence-electron chi connectivity index (χ2n) is 7.28. The smallest absolute Gasteiger partial charge is 0.272 e. The zero-order valence-electron chi connectivity index (χ0n) is 16.7. The van der Waals surface area contributed by atoms with Crippen LogP contribution in [0.5, 0.6) is 11.5 Å². The summed E-state index contributed by atoms with van der Waals surface area (Å²) in [6, 6.07) is 11.9. The lowest BCUT2D eigenvalue weighted by Crippen LogP contribution is -2.30. The zero-order chi connectivity index (χ0) is 21.4. The molecule has 156 valence electrons. The summed E-state index contributed by atoms with van der Waals surface area (Å²) in [6.45, 7) is 1.98. The largest absolute Gasteiger partial charge is 0.454 e. The van der Waals surface area contributed by atoms with Crippen molar-refractivity contribution in [2.75, 3.05) is 6.79 Å². The van der Waals surface area contributed by atoms with E-state index in [1.54, 1.807) is 37.5 Å². The SMILES string of the molecule is CC(NC(=O)Cc1ccc2c(c1)OCO2)c1cc(=O)n2[nH]c(-c3cccnc3)cc2n1. The van der Waals surface area contributed by atoms with Crippen LogP contribution in [-0.4, -0.2) is 32.3 Å². The molecule has 1 aliphatic rings. The first-order valence-corrected chi connectivity index (χ1v) is 9.78. The summed E-state index contributed by atoms with van der Waals surface area (Å²) < 4.78 is 12.0. The van der Waals surface area contributed by atoms with Crippen LogP contribution in [0.15, 0.2) is 59.7 Å². The fraction of sp³-hybridized carbons (Fsp3) is 0.182. The van der Waals surface area contributed by atoms with E-state index >= 15 is 0 Å². The van der Waals surface area contributed by atoms with E-state index in [2.05, 4.69) is 20.4 Å². The third kappa shape index (κ3) is 3.73. The Morgan fingerprint density at radius 1 is 1.23 bits per heavy atom. The normalized spacial score (nSPS) is 13.3. The lowest BCUT2D eigenvalue weighted by molar-refractivity contribution is -0.121. The molecule has 4 aromatic rings. The molecule has 31 heavy (non-hydrogen) atoms. The number of amides is 1. The summed E-state index contributed by atoms with van der Waals surface area (Å²) in [6.07, 6.45) is 3.57. The number of pyridine rings is 1. The Morgan fingerprint density at radius 2 is 2.10 bits per heavy atom. The van der Waals surface area contributed by atoms with Crippen molar-refractivity contribution >= 4 is 11.6 Å². The minimum absolute atomic E-state index is 0.178. The fourth-order valence-corrected chi connectivity index (χ4v) is 3.50. The maximum Gasteiger partial charge on any atom is 0.272 e. The van der Waals surface area contributed by atoms with Gasteiger partial charge < -0.3 is 14.8 Å². The van der Waals surface area contributed by atoms with Crippen LogP contribution in [0.25, 0.3) is 16.9 Å². The monoisotopic (exact) mass is 417 g/mol. The Hall–Kier alpha value is -4.14. The Morgan fingerprint density at radius 3 is 2.94 bits per heavy atom. The number of nitrogens with one attached hydrogen (secondary N) is 2. The maximum atomic E-state index is 12.6. The van der Waals surface area contributed by atoms with Crippen LogP contribution in [0, 0.1) is 0 Å². The van der Waals surface area contributed by atoms with E-state index in [1.165, 1.54) is 10.6 Å². The van der Waals surface area contributed by atoms with Gasteiger partial charge in [-0.3, -0.25) is 19.7 Å². The summed E-state index contributed by atoms with van der Waals surface area (Å²) in [7, 11) is 0. The molecule has 1 aromatic carbocycles. The van der Waals surface area contributed by atoms with Gasteiger partial charge in [0.25, 0.3) is 5.56 Å². The van der Waals surface area contributed by atoms with Crippen LogP contribution in [0.4, 0.5) is 0 Å². The van der Waals surface area contributed by atoms with E-state index in [0.29, 0.717) is 22.8 Å². The van der Waals surface area contributed by atoms with E-state index in [9.17, 15) is 9.59 Å². The number of carbonyl (C=O) groups excluding carboxylic acids is 1. The molecule has 0 spiro atoms. The van der Waals surface area contributed by atoms with Crippen LogP contribution in [0.2, 0.25) is 0 Å². The van der Waals surface area contributed by atoms with Crippen molar-refractivity contribution in [2.45, 2.75) is 19.4 Å². The van der Waals surface area contributed by atoms with Gasteiger partial charge in [-0.05, 0) is 36.8 Å². The molecule has 1 aliphatic heterocycles. The molecule has 1 amide bonds. The molecule has 1 atom stereocenters. The van der Waals surface area contributed by atoms with Gasteiger partial charge >= 0.3 is 0 Å². The number of benzene rings is 1. The molecule has 2 N–H and O–H groups in total. The molecular formula is C22H19N5O4. The van der Waals surface area contributed by atoms with Gasteiger partial charge in [-0.15, -0.1) is 0 Å². The van der Waals surface area contributed by atoms with Crippen molar-refractivity contribution in [2.24, 2.45) is 0 Å². The fourth-order valence-electron chi connectivity index (χ4n) is 3.50. The highest BCUT2D eigenvalue weighted by Crippen LogP contribution is 2.32. The quantitative estimate of drug-likeness (QED) is 0.515. The number of fused-ring (bicyclic) bond motifs is 2. The molecule has 3 aromatic heterocycles. The van der Waals surface area contributed by atoms with Gasteiger partial charge in [-0.1, -0.05) is 6.07 Å². The molecule has 1 unspecified atom stereocenters. The number of carbonyl (C=O) groups is 1. The average Bonchev–Trinajstić information content (AvgIpc) is 3.41. The van der Waals surface area contributed by atoms with E-state index in [0.717, 1.165) is 16.8 Å². The van der Waals surface area contributed by atoms with Crippen LogP contribution >= 0.6 is 0 Å². The first kappa shape index (κ1) is 18.9. The lowest BCUT2D eigenvalue weighted by atomic mass is 10.1. The molecule has 0 saturated heterocycles. The van der Waals surface area contributed by atoms with Crippen molar-refractivity contribution < 1.29 is 14.3 Å². The summed E-state index contributed by atoms with van der Waals surface area (Å²) >= 11 is 0. The minimum Gasteiger partial charge on any atom is -0.454 e. The lowest BCUT2D eigenvalue weighted by Gasteiger charge is -2.13. The Balaban J connectivity index is 1.34. The summed E-state index contributed by atoms with van der Waals surface area (Å²) in [4.78, 5) is 33.7. The highest BCUT2D eigenvalue weighted by molar-refractivity contribution is 5.79. The molecule has 9 nitrogen and oxygen atoms in total. The highest BCUT2D eigenvalue weighted by atomic mass is 16.7. The van der Waals surface area contributed by atoms with Crippen LogP contribution in [0.1, 0.15) is 24.2 Å². The maximum absolute atomic E-state index is 12.6. The Bertz CT molecular complexity index is 1330. The first-order valence-electron chi connectivity index (χ1n) is 9.78. The molecule has 0 fully saturated rings. The second-order valence-corrected chi connectivity index (χ2v) is 7.28. The number of hydrogen-bond acceptors (Lipinski definition) is 6. The van der Waals surface area contributed by atoms with E-state index in [1.807, 2.05) is 18.2 Å². The van der Waals surface area contributed by atoms with Crippen molar-refractivity contribution in [3.8, 4) is 22.8 Å². The van der Waals surface area contributed by atoms with Crippen LogP contribution in [-0.2, 0) is 11.2 Å². The number of aromatic amines is 1. The summed E-state index contributed by atoms with van der Waals surface area (Å²) in [5.41, 5.74) is 3.09. The molecule has 5 rings (SSSR count). The third-order valence-corrected chi connectivity index (χ3v) is 5.07. The molecule has 0 bridgehead atoms. The van der Waals surface area contributed by atoms with Crippen molar-refractivity contribution in [1.29, 1.82) is 0 Å². The standard InChI is InChI=1S/C22H19N5O4/c1-13(24-21(28)8-14-4-5-18-19(7-14)31-12-30-18)16-10-22(29)27-20(25-16)9-17(26-27)15-3-2-6-23-11-15/h2-7,9-11,13,26H,8,12H2,1H3,(H,24,28). The van der Waals surface area contributed by atoms with Gasteiger partial charge in [0.1, 0.15) is 0 Å². The predicted molar refractivity (Wildman–Crippen MR) is 112 cm³/mol. The van der Waals surface area contributed by atoms with Gasteiger partial charge in [0.2, 0.25) is 12.7 Å². The second kappa shape index (κ2) is 7.60. The Kier molecular flexibility index (Phi) is 4.62. The average molecular weight is 417 g/mol. The highest BCUT2D eigenvalue weighted by Gasteiger charge is 2.17. The number of ether oxygens (including phenoxy) is 2. The van der Waals surface area contributed by atoms with Crippen molar-refractivity contribution in [3.63, 3.8) is 0 Å². The van der Waals surface area contributed by atoms with Gasteiger partial charge in [0.15, 0.2) is 17.1 Å². The minimum atomic E-state index is -0.434. The van der Waals surface area contributed by atoms with Gasteiger partial charge in [-0.25, -0.2) is 9.50 Å². The Labute approximate surface area is 176 Å². The molecule has 9 heteroatoms. The van der Waals surface area contributed by atoms with Crippen LogP contribution < -0.4 is 20.3 Å². The number of rotatable bonds is 5. The topological polar surface area (TPSA) is 111 Å². The number of nitrogens with zero attached hydrogens (tertiary/aromatic N) is 3. The summed E-state index contributed by atoms with van der Waals surface area (Å²) in [5, 5.41) is 5.93. The van der Waals surface area contributed by atoms with Crippen molar-refractivity contribution in [1.82, 2.24) is 24.9 Å². The van der Waals surface area contributed by atoms with E-state index in [4.69, 9.17) is 9.47 Å². The van der Waals surface area contributed by atoms with Gasteiger partial charge in [0.05, 0.1) is 23.9 Å². The molecule has 0 saturated carbocycles. The number of hydrogen-bond donors (Lipinski definition) is 2. The molecular weight excluding hydrogens is 398 g/mol. The molecule has 0 aliphatic carbocycles. The first-order chi connectivity index (χ1) is 15.1. The number of aromatic nitrogens is 4. The summed E-state index contributed by atoms with van der Waals surface area (Å²) in [5.74, 6) is 1.13. The predicted octanol–water partition coefficient (Wildman–Crippen LogP) is 2.23. The zero-order valence-corrected chi connectivity index (χ0v) is 16.7. The molecule has 4 heterocycles. The van der Waals surface area contributed by atoms with Crippen LogP contribution in [0.3, 0.4) is 0 Å². The van der Waals surface area contributed by atoms with Crippen molar-refractivity contribution in [3.05, 3.63) is 76.5 Å². The van der Waals surface area contributed by atoms with E-state index in [-0.39, 0.29) is 24.7 Å². The van der Waals surface area contributed by atoms with Gasteiger partial charge in [-0.2, -0.15) is 0 Å². The third-order valence-electron chi connectivity index (χ3n) is 5.07. The number of H-pyrrole nitrogens is 1. The van der Waals surface area contributed by atoms with E-state index < -0.39 is 6.04 Å². The molecule has 0 radical (unpaired) electrons.